The summed E-state index contributed by atoms with van der Waals surface area (Å²) in [6.07, 6.45) is 0.661. The Morgan fingerprint density at radius 1 is 1.29 bits per heavy atom. The lowest BCUT2D eigenvalue weighted by Gasteiger charge is -2.29. The van der Waals surface area contributed by atoms with E-state index in [1.165, 1.54) is 0 Å². The van der Waals surface area contributed by atoms with Crippen LogP contribution in [0.2, 0.25) is 0 Å². The van der Waals surface area contributed by atoms with Crippen LogP contribution in [0.1, 0.15) is 41.0 Å². The van der Waals surface area contributed by atoms with Crippen molar-refractivity contribution in [3.63, 3.8) is 0 Å². The number of nitrogens with one attached hydrogen (secondary N) is 1. The molecule has 0 aromatic rings. The zero-order chi connectivity index (χ0) is 13.4. The molecule has 0 rings (SSSR count). The van der Waals surface area contributed by atoms with Gasteiger partial charge in [0.1, 0.15) is 6.04 Å². The largest absolute Gasteiger partial charge is 0.480 e. The molecule has 0 aliphatic heterocycles. The number of hydrogen-bond donors (Lipinski definition) is 2. The Hall–Kier alpha value is -0.610. The van der Waals surface area contributed by atoms with Gasteiger partial charge in [-0.05, 0) is 32.7 Å². The van der Waals surface area contributed by atoms with Crippen LogP contribution in [0, 0.1) is 5.92 Å². The highest BCUT2D eigenvalue weighted by Gasteiger charge is 2.18. The molecule has 0 saturated carbocycles. The molecule has 0 spiro atoms. The molecular weight excluding hydrogens is 216 g/mol. The minimum atomic E-state index is -0.750. The first-order valence-electron chi connectivity index (χ1n) is 6.58. The summed E-state index contributed by atoms with van der Waals surface area (Å²) < 4.78 is 0. The number of nitrogens with zero attached hydrogens (tertiary/aromatic N) is 1. The average molecular weight is 244 g/mol. The third-order valence-corrected chi connectivity index (χ3v) is 2.78. The Bertz CT molecular complexity index is 217. The molecular formula is C13H28N2O2. The minimum Gasteiger partial charge on any atom is -0.480 e. The first-order valence-corrected chi connectivity index (χ1v) is 6.58. The summed E-state index contributed by atoms with van der Waals surface area (Å²) >= 11 is 0. The zero-order valence-electron chi connectivity index (χ0n) is 11.9. The van der Waals surface area contributed by atoms with E-state index < -0.39 is 12.0 Å². The van der Waals surface area contributed by atoms with E-state index in [1.54, 1.807) is 0 Å². The van der Waals surface area contributed by atoms with Crippen molar-refractivity contribution in [2.45, 2.75) is 53.1 Å². The lowest BCUT2D eigenvalue weighted by molar-refractivity contribution is -0.139. The summed E-state index contributed by atoms with van der Waals surface area (Å²) in [5.74, 6) is -0.139. The molecule has 0 bridgehead atoms. The molecule has 0 fully saturated rings. The summed E-state index contributed by atoms with van der Waals surface area (Å²) in [6, 6.07) is 0.0434. The smallest absolute Gasteiger partial charge is 0.320 e. The molecule has 1 unspecified atom stereocenters. The Balaban J connectivity index is 4.21. The van der Waals surface area contributed by atoms with Gasteiger partial charge in [-0.15, -0.1) is 0 Å². The molecule has 0 aliphatic carbocycles. The fraction of sp³-hybridized carbons (Fsp3) is 0.923. The number of carboxylic acids is 1. The van der Waals surface area contributed by atoms with Crippen LogP contribution in [0.4, 0.5) is 0 Å². The molecule has 102 valence electrons. The van der Waals surface area contributed by atoms with Crippen molar-refractivity contribution < 1.29 is 9.90 Å². The highest BCUT2D eigenvalue weighted by Crippen LogP contribution is 2.06. The van der Waals surface area contributed by atoms with Gasteiger partial charge >= 0.3 is 5.97 Å². The summed E-state index contributed by atoms with van der Waals surface area (Å²) in [6.45, 7) is 13.2. The molecule has 0 aliphatic rings. The van der Waals surface area contributed by atoms with Gasteiger partial charge in [-0.2, -0.15) is 0 Å². The summed E-state index contributed by atoms with van der Waals surface area (Å²) in [5.41, 5.74) is 0. The second kappa shape index (κ2) is 8.48. The standard InChI is InChI=1S/C13H28N2O2/c1-6-14-12(13(16)17)7-8-15(11(4)5)9-10(2)3/h10-12,14H,6-9H2,1-5H3,(H,16,17). The van der Waals surface area contributed by atoms with E-state index in [9.17, 15) is 4.79 Å². The molecule has 17 heavy (non-hydrogen) atoms. The molecule has 0 amide bonds. The monoisotopic (exact) mass is 244 g/mol. The lowest BCUT2D eigenvalue weighted by Crippen LogP contribution is -2.42. The topological polar surface area (TPSA) is 52.6 Å². The fourth-order valence-electron chi connectivity index (χ4n) is 1.88. The van der Waals surface area contributed by atoms with E-state index in [4.69, 9.17) is 5.11 Å². The lowest BCUT2D eigenvalue weighted by atomic mass is 10.1. The van der Waals surface area contributed by atoms with Gasteiger partial charge in [0.25, 0.3) is 0 Å². The minimum absolute atomic E-state index is 0.423. The highest BCUT2D eigenvalue weighted by molar-refractivity contribution is 5.73. The predicted octanol–water partition coefficient (Wildman–Crippen LogP) is 1.81. The molecule has 0 aromatic carbocycles. The van der Waals surface area contributed by atoms with Crippen LogP contribution < -0.4 is 5.32 Å². The van der Waals surface area contributed by atoms with Gasteiger partial charge in [-0.3, -0.25) is 4.79 Å². The van der Waals surface area contributed by atoms with Crippen LogP contribution in [-0.4, -0.2) is 47.7 Å². The average Bonchev–Trinajstić information content (AvgIpc) is 2.20. The Kier molecular flexibility index (Phi) is 8.17. The van der Waals surface area contributed by atoms with Gasteiger partial charge in [0.2, 0.25) is 0 Å². The number of likely N-dealkylation sites (N-methyl/N-ethyl adjacent to an activating group) is 1. The zero-order valence-corrected chi connectivity index (χ0v) is 11.9. The molecule has 4 heteroatoms. The number of hydrogen-bond acceptors (Lipinski definition) is 3. The van der Waals surface area contributed by atoms with Crippen LogP contribution >= 0.6 is 0 Å². The molecule has 0 radical (unpaired) electrons. The van der Waals surface area contributed by atoms with Crippen molar-refractivity contribution in [2.24, 2.45) is 5.92 Å². The first kappa shape index (κ1) is 16.4. The molecule has 0 heterocycles. The van der Waals surface area contributed by atoms with Crippen LogP contribution in [-0.2, 0) is 4.79 Å². The van der Waals surface area contributed by atoms with E-state index >= 15 is 0 Å². The fourth-order valence-corrected chi connectivity index (χ4v) is 1.88. The molecule has 0 saturated heterocycles. The third-order valence-electron chi connectivity index (χ3n) is 2.78. The Morgan fingerprint density at radius 2 is 1.88 bits per heavy atom. The maximum Gasteiger partial charge on any atom is 0.320 e. The summed E-state index contributed by atoms with van der Waals surface area (Å²) in [5, 5.41) is 12.1. The van der Waals surface area contributed by atoms with Crippen LogP contribution in [0.15, 0.2) is 0 Å². The van der Waals surface area contributed by atoms with Crippen molar-refractivity contribution in [1.29, 1.82) is 0 Å². The number of rotatable bonds is 9. The number of carbonyl (C=O) groups is 1. The SMILES string of the molecule is CCNC(CCN(CC(C)C)C(C)C)C(=O)O. The normalized spacial score (nSPS) is 13.6. The maximum absolute atomic E-state index is 11.0. The Morgan fingerprint density at radius 3 is 2.24 bits per heavy atom. The van der Waals surface area contributed by atoms with Gasteiger partial charge in [-0.25, -0.2) is 0 Å². The van der Waals surface area contributed by atoms with E-state index in [-0.39, 0.29) is 0 Å². The second-order valence-corrected chi connectivity index (χ2v) is 5.22. The molecule has 1 atom stereocenters. The Labute approximate surface area is 105 Å². The van der Waals surface area contributed by atoms with Gasteiger partial charge in [0.05, 0.1) is 0 Å². The number of aliphatic carboxylic acids is 1. The van der Waals surface area contributed by atoms with E-state index in [1.807, 2.05) is 6.92 Å². The van der Waals surface area contributed by atoms with Crippen LogP contribution in [0.25, 0.3) is 0 Å². The molecule has 4 nitrogen and oxygen atoms in total. The first-order chi connectivity index (χ1) is 7.88. The van der Waals surface area contributed by atoms with E-state index in [2.05, 4.69) is 37.9 Å². The van der Waals surface area contributed by atoms with Crippen molar-refractivity contribution in [2.75, 3.05) is 19.6 Å². The van der Waals surface area contributed by atoms with Crippen molar-refractivity contribution >= 4 is 5.97 Å². The maximum atomic E-state index is 11.0. The van der Waals surface area contributed by atoms with Crippen LogP contribution in [0.5, 0.6) is 0 Å². The summed E-state index contributed by atoms with van der Waals surface area (Å²) in [7, 11) is 0. The second-order valence-electron chi connectivity index (χ2n) is 5.22. The van der Waals surface area contributed by atoms with Crippen molar-refractivity contribution in [1.82, 2.24) is 10.2 Å². The quantitative estimate of drug-likeness (QED) is 0.649. The molecule has 0 aromatic heterocycles. The van der Waals surface area contributed by atoms with Crippen LogP contribution in [0.3, 0.4) is 0 Å². The van der Waals surface area contributed by atoms with Gasteiger partial charge in [-0.1, -0.05) is 20.8 Å². The summed E-state index contributed by atoms with van der Waals surface area (Å²) in [4.78, 5) is 13.4. The van der Waals surface area contributed by atoms with Crippen molar-refractivity contribution in [3.8, 4) is 0 Å². The predicted molar refractivity (Wildman–Crippen MR) is 71.3 cm³/mol. The number of carboxylic acid groups (broad SMARTS) is 1. The van der Waals surface area contributed by atoms with Gasteiger partial charge in [0.15, 0.2) is 0 Å². The van der Waals surface area contributed by atoms with E-state index in [0.29, 0.717) is 24.9 Å². The highest BCUT2D eigenvalue weighted by atomic mass is 16.4. The van der Waals surface area contributed by atoms with Gasteiger partial charge < -0.3 is 15.3 Å². The van der Waals surface area contributed by atoms with Gasteiger partial charge in [0, 0.05) is 19.1 Å². The van der Waals surface area contributed by atoms with E-state index in [0.717, 1.165) is 13.1 Å². The third kappa shape index (κ3) is 7.34. The molecule has 2 N–H and O–H groups in total. The van der Waals surface area contributed by atoms with Crippen molar-refractivity contribution in [3.05, 3.63) is 0 Å².